The van der Waals surface area contributed by atoms with Crippen LogP contribution in [0.1, 0.15) is 10.4 Å². The van der Waals surface area contributed by atoms with Crippen LogP contribution < -0.4 is 16.4 Å². The summed E-state index contributed by atoms with van der Waals surface area (Å²) in [5.41, 5.74) is 7.20. The van der Waals surface area contributed by atoms with Crippen molar-refractivity contribution in [1.29, 1.82) is 0 Å². The first kappa shape index (κ1) is 12.8. The molecule has 6 nitrogen and oxygen atoms in total. The van der Waals surface area contributed by atoms with Crippen LogP contribution in [0.25, 0.3) is 0 Å². The molecule has 0 aromatic heterocycles. The summed E-state index contributed by atoms with van der Waals surface area (Å²) in [6.07, 6.45) is 0. The van der Waals surface area contributed by atoms with Gasteiger partial charge in [-0.05, 0) is 18.2 Å². The fourth-order valence-electron chi connectivity index (χ4n) is 1.25. The summed E-state index contributed by atoms with van der Waals surface area (Å²) < 4.78 is 4.48. The molecule has 0 unspecified atom stereocenters. The third-order valence-electron chi connectivity index (χ3n) is 2.19. The lowest BCUT2D eigenvalue weighted by Crippen LogP contribution is -2.19. The summed E-state index contributed by atoms with van der Waals surface area (Å²) in [5, 5.41) is 5.31. The molecule has 1 rings (SSSR count). The average Bonchev–Trinajstić information content (AvgIpc) is 2.35. The molecule has 0 fully saturated rings. The quantitative estimate of drug-likeness (QED) is 0.514. The first-order valence-corrected chi connectivity index (χ1v) is 5.00. The molecule has 0 heterocycles. The molecular weight excluding hydrogens is 222 g/mol. The minimum Gasteiger partial charge on any atom is -0.468 e. The van der Waals surface area contributed by atoms with E-state index in [0.29, 0.717) is 16.9 Å². The number of hydrogen-bond acceptors (Lipinski definition) is 5. The number of carbonyl (C=O) groups is 2. The highest BCUT2D eigenvalue weighted by atomic mass is 16.5. The molecule has 4 N–H and O–H groups in total. The molecule has 0 aliphatic heterocycles. The Hall–Kier alpha value is -2.24. The van der Waals surface area contributed by atoms with Gasteiger partial charge in [0.1, 0.15) is 6.54 Å². The monoisotopic (exact) mass is 237 g/mol. The molecule has 0 atom stereocenters. The maximum atomic E-state index is 11.3. The van der Waals surface area contributed by atoms with Crippen molar-refractivity contribution in [3.63, 3.8) is 0 Å². The van der Waals surface area contributed by atoms with Crippen molar-refractivity contribution in [3.05, 3.63) is 23.8 Å². The van der Waals surface area contributed by atoms with E-state index in [1.165, 1.54) is 7.11 Å². The summed E-state index contributed by atoms with van der Waals surface area (Å²) in [7, 11) is 2.85. The predicted octanol–water partition coefficient (Wildman–Crippen LogP) is 0.213. The molecule has 0 bridgehead atoms. The summed E-state index contributed by atoms with van der Waals surface area (Å²) in [5.74, 6) is -0.601. The molecule has 0 radical (unpaired) electrons. The first-order chi connectivity index (χ1) is 8.08. The lowest BCUT2D eigenvalue weighted by Gasteiger charge is -2.09. The molecule has 6 heteroatoms. The molecule has 0 aliphatic carbocycles. The van der Waals surface area contributed by atoms with Gasteiger partial charge in [-0.15, -0.1) is 0 Å². The van der Waals surface area contributed by atoms with Gasteiger partial charge in [0.2, 0.25) is 0 Å². The van der Waals surface area contributed by atoms with Crippen LogP contribution in [0.15, 0.2) is 18.2 Å². The third-order valence-corrected chi connectivity index (χ3v) is 2.19. The SMILES string of the molecule is CNC(=O)c1ccc(NCC(=O)OC)c(N)c1. The fraction of sp³-hybridized carbons (Fsp3) is 0.273. The van der Waals surface area contributed by atoms with Crippen molar-refractivity contribution in [2.24, 2.45) is 0 Å². The number of nitrogens with two attached hydrogens (primary N) is 1. The van der Waals surface area contributed by atoms with Gasteiger partial charge in [0.25, 0.3) is 5.91 Å². The van der Waals surface area contributed by atoms with Gasteiger partial charge in [-0.1, -0.05) is 0 Å². The van der Waals surface area contributed by atoms with Crippen LogP contribution in [0.2, 0.25) is 0 Å². The molecular formula is C11H15N3O3. The number of anilines is 2. The second-order valence-electron chi connectivity index (χ2n) is 3.31. The van der Waals surface area contributed by atoms with Gasteiger partial charge in [0.05, 0.1) is 18.5 Å². The van der Waals surface area contributed by atoms with E-state index in [1.54, 1.807) is 25.2 Å². The van der Waals surface area contributed by atoms with Crippen molar-refractivity contribution >= 4 is 23.3 Å². The Kier molecular flexibility index (Phi) is 4.33. The number of amides is 1. The van der Waals surface area contributed by atoms with Crippen molar-refractivity contribution in [2.45, 2.75) is 0 Å². The van der Waals surface area contributed by atoms with E-state index in [9.17, 15) is 9.59 Å². The molecule has 0 saturated heterocycles. The number of rotatable bonds is 4. The Morgan fingerprint density at radius 2 is 2.12 bits per heavy atom. The lowest BCUT2D eigenvalue weighted by molar-refractivity contribution is -0.138. The van der Waals surface area contributed by atoms with Gasteiger partial charge >= 0.3 is 5.97 Å². The van der Waals surface area contributed by atoms with Crippen molar-refractivity contribution < 1.29 is 14.3 Å². The number of benzene rings is 1. The number of hydrogen-bond donors (Lipinski definition) is 3. The van der Waals surface area contributed by atoms with Crippen LogP contribution in [0, 0.1) is 0 Å². The normalized spacial score (nSPS) is 9.53. The standard InChI is InChI=1S/C11H15N3O3/c1-13-11(16)7-3-4-9(8(12)5-7)14-6-10(15)17-2/h3-5,14H,6,12H2,1-2H3,(H,13,16). The molecule has 0 spiro atoms. The van der Waals surface area contributed by atoms with E-state index >= 15 is 0 Å². The summed E-state index contributed by atoms with van der Waals surface area (Å²) in [6, 6.07) is 4.80. The van der Waals surface area contributed by atoms with Crippen molar-refractivity contribution in [1.82, 2.24) is 5.32 Å². The van der Waals surface area contributed by atoms with E-state index < -0.39 is 0 Å². The Morgan fingerprint density at radius 1 is 1.41 bits per heavy atom. The summed E-state index contributed by atoms with van der Waals surface area (Å²) in [6.45, 7) is 0.0278. The molecule has 1 aromatic carbocycles. The number of nitrogens with one attached hydrogen (secondary N) is 2. The summed E-state index contributed by atoms with van der Waals surface area (Å²) in [4.78, 5) is 22.3. The first-order valence-electron chi connectivity index (χ1n) is 5.00. The minimum absolute atomic E-state index is 0.0278. The number of nitrogen functional groups attached to an aromatic ring is 1. The second-order valence-corrected chi connectivity index (χ2v) is 3.31. The zero-order chi connectivity index (χ0) is 12.8. The smallest absolute Gasteiger partial charge is 0.325 e. The number of ether oxygens (including phenoxy) is 1. The number of esters is 1. The molecule has 0 aliphatic rings. The van der Waals surface area contributed by atoms with Crippen LogP contribution in [-0.4, -0.2) is 32.6 Å². The van der Waals surface area contributed by atoms with Gasteiger partial charge in [0.15, 0.2) is 0 Å². The zero-order valence-corrected chi connectivity index (χ0v) is 9.74. The highest BCUT2D eigenvalue weighted by molar-refractivity contribution is 5.96. The highest BCUT2D eigenvalue weighted by Crippen LogP contribution is 2.19. The largest absolute Gasteiger partial charge is 0.468 e. The van der Waals surface area contributed by atoms with Gasteiger partial charge in [-0.2, -0.15) is 0 Å². The molecule has 0 saturated carbocycles. The Balaban J connectivity index is 2.76. The topological polar surface area (TPSA) is 93.5 Å². The van der Waals surface area contributed by atoms with E-state index in [-0.39, 0.29) is 18.4 Å². The Labute approximate surface area is 99.1 Å². The average molecular weight is 237 g/mol. The molecule has 92 valence electrons. The minimum atomic E-state index is -0.389. The Morgan fingerprint density at radius 3 is 2.65 bits per heavy atom. The fourth-order valence-corrected chi connectivity index (χ4v) is 1.25. The maximum Gasteiger partial charge on any atom is 0.325 e. The molecule has 1 amide bonds. The maximum absolute atomic E-state index is 11.3. The van der Waals surface area contributed by atoms with Gasteiger partial charge in [-0.25, -0.2) is 0 Å². The van der Waals surface area contributed by atoms with Crippen molar-refractivity contribution in [3.8, 4) is 0 Å². The number of carbonyl (C=O) groups excluding carboxylic acids is 2. The second kappa shape index (κ2) is 5.74. The summed E-state index contributed by atoms with van der Waals surface area (Å²) >= 11 is 0. The lowest BCUT2D eigenvalue weighted by atomic mass is 10.1. The highest BCUT2D eigenvalue weighted by Gasteiger charge is 2.07. The van der Waals surface area contributed by atoms with Gasteiger partial charge in [0, 0.05) is 12.6 Å². The van der Waals surface area contributed by atoms with Crippen molar-refractivity contribution in [2.75, 3.05) is 31.8 Å². The van der Waals surface area contributed by atoms with E-state index in [0.717, 1.165) is 0 Å². The van der Waals surface area contributed by atoms with Gasteiger partial charge in [-0.3, -0.25) is 9.59 Å². The predicted molar refractivity (Wildman–Crippen MR) is 64.8 cm³/mol. The Bertz CT molecular complexity index is 432. The van der Waals surface area contributed by atoms with E-state index in [1.807, 2.05) is 0 Å². The van der Waals surface area contributed by atoms with E-state index in [2.05, 4.69) is 15.4 Å². The van der Waals surface area contributed by atoms with Crippen LogP contribution in [0.3, 0.4) is 0 Å². The van der Waals surface area contributed by atoms with Gasteiger partial charge < -0.3 is 21.1 Å². The van der Waals surface area contributed by atoms with Crippen LogP contribution in [0.4, 0.5) is 11.4 Å². The van der Waals surface area contributed by atoms with Crippen LogP contribution >= 0.6 is 0 Å². The zero-order valence-electron chi connectivity index (χ0n) is 9.74. The van der Waals surface area contributed by atoms with Crippen LogP contribution in [-0.2, 0) is 9.53 Å². The van der Waals surface area contributed by atoms with E-state index in [4.69, 9.17) is 5.73 Å². The van der Waals surface area contributed by atoms with Crippen LogP contribution in [0.5, 0.6) is 0 Å². The number of methoxy groups -OCH3 is 1. The third kappa shape index (κ3) is 3.37. The molecule has 17 heavy (non-hydrogen) atoms. The molecule has 1 aromatic rings.